The Morgan fingerprint density at radius 1 is 1.08 bits per heavy atom. The minimum atomic E-state index is -4.70. The van der Waals surface area contributed by atoms with E-state index in [4.69, 9.17) is 11.6 Å². The van der Waals surface area contributed by atoms with Crippen molar-refractivity contribution >= 4 is 28.9 Å². The van der Waals surface area contributed by atoms with Gasteiger partial charge in [0, 0.05) is 41.3 Å². The molecule has 1 saturated carbocycles. The molecule has 5 rings (SSSR count). The van der Waals surface area contributed by atoms with Crippen LogP contribution in [0, 0.1) is 12.8 Å². The van der Waals surface area contributed by atoms with Crippen LogP contribution in [-0.4, -0.2) is 35.0 Å². The number of anilines is 2. The summed E-state index contributed by atoms with van der Waals surface area (Å²) >= 11 is 5.98. The average Bonchev–Trinajstić information content (AvgIpc) is 3.42. The molecule has 3 aromatic rings. The van der Waals surface area contributed by atoms with Gasteiger partial charge in [-0.2, -0.15) is 13.2 Å². The number of carbonyl (C=O) groups is 1. The third-order valence-electron chi connectivity index (χ3n) is 7.60. The van der Waals surface area contributed by atoms with Gasteiger partial charge in [-0.15, -0.1) is 0 Å². The standard InChI is InChI=1S/C29H31ClF3N5O/c1-17-22(23-12-14-35-28(30)38-23)15-24(37-27(39)19-5-4-13-34-16-19)25(26(17)29(31,32)33)18-8-10-21(11-9-18)36-20-6-2-3-7-20/h8-12,14-15,19-20,34,36H,2-7,13,16H2,1H3,(H,37,39). The van der Waals surface area contributed by atoms with Crippen LogP contribution in [0.4, 0.5) is 24.5 Å². The van der Waals surface area contributed by atoms with Gasteiger partial charge in [-0.05, 0) is 86.1 Å². The molecular formula is C29H31ClF3N5O. The first-order chi connectivity index (χ1) is 18.7. The summed E-state index contributed by atoms with van der Waals surface area (Å²) in [7, 11) is 0. The molecule has 0 bridgehead atoms. The molecule has 10 heteroatoms. The zero-order valence-corrected chi connectivity index (χ0v) is 22.4. The maximum Gasteiger partial charge on any atom is 0.417 e. The Hall–Kier alpha value is -3.17. The Bertz CT molecular complexity index is 1330. The molecule has 1 aliphatic carbocycles. The van der Waals surface area contributed by atoms with E-state index in [2.05, 4.69) is 25.9 Å². The Morgan fingerprint density at radius 3 is 2.46 bits per heavy atom. The Kier molecular flexibility index (Phi) is 8.09. The molecule has 0 spiro atoms. The van der Waals surface area contributed by atoms with Gasteiger partial charge >= 0.3 is 6.18 Å². The number of amides is 1. The van der Waals surface area contributed by atoms with Crippen molar-refractivity contribution in [3.05, 3.63) is 59.0 Å². The Labute approximate surface area is 230 Å². The van der Waals surface area contributed by atoms with E-state index < -0.39 is 11.7 Å². The first-order valence-corrected chi connectivity index (χ1v) is 13.7. The zero-order valence-electron chi connectivity index (χ0n) is 21.7. The van der Waals surface area contributed by atoms with Crippen LogP contribution < -0.4 is 16.0 Å². The van der Waals surface area contributed by atoms with Crippen LogP contribution in [-0.2, 0) is 11.0 Å². The molecule has 3 N–H and O–H groups in total. The zero-order chi connectivity index (χ0) is 27.6. The van der Waals surface area contributed by atoms with Gasteiger partial charge in [0.2, 0.25) is 11.2 Å². The van der Waals surface area contributed by atoms with Gasteiger partial charge < -0.3 is 16.0 Å². The second-order valence-corrected chi connectivity index (χ2v) is 10.6. The highest BCUT2D eigenvalue weighted by Crippen LogP contribution is 2.47. The SMILES string of the molecule is Cc1c(-c2ccnc(Cl)n2)cc(NC(=O)C2CCCNC2)c(-c2ccc(NC3CCCC3)cc2)c1C(F)(F)F. The largest absolute Gasteiger partial charge is 0.417 e. The smallest absolute Gasteiger partial charge is 0.382 e. The summed E-state index contributed by atoms with van der Waals surface area (Å²) in [5.74, 6) is -0.649. The molecule has 6 nitrogen and oxygen atoms in total. The van der Waals surface area contributed by atoms with Crippen molar-refractivity contribution < 1.29 is 18.0 Å². The molecule has 1 amide bonds. The molecule has 0 radical (unpaired) electrons. The van der Waals surface area contributed by atoms with Gasteiger partial charge in [0.1, 0.15) is 0 Å². The van der Waals surface area contributed by atoms with E-state index in [-0.39, 0.29) is 45.2 Å². The predicted molar refractivity (Wildman–Crippen MR) is 148 cm³/mol. The topological polar surface area (TPSA) is 78.9 Å². The summed E-state index contributed by atoms with van der Waals surface area (Å²) in [6.45, 7) is 2.72. The molecule has 39 heavy (non-hydrogen) atoms. The minimum Gasteiger partial charge on any atom is -0.382 e. The summed E-state index contributed by atoms with van der Waals surface area (Å²) in [5, 5.41) is 9.44. The van der Waals surface area contributed by atoms with E-state index in [1.54, 1.807) is 30.3 Å². The van der Waals surface area contributed by atoms with Gasteiger partial charge in [-0.25, -0.2) is 9.97 Å². The van der Waals surface area contributed by atoms with Crippen molar-refractivity contribution in [1.82, 2.24) is 15.3 Å². The summed E-state index contributed by atoms with van der Waals surface area (Å²) < 4.78 is 44.4. The number of rotatable bonds is 6. The predicted octanol–water partition coefficient (Wildman–Crippen LogP) is 7.08. The second-order valence-electron chi connectivity index (χ2n) is 10.3. The molecule has 2 aromatic carbocycles. The molecule has 2 heterocycles. The van der Waals surface area contributed by atoms with Crippen molar-refractivity contribution in [3.63, 3.8) is 0 Å². The lowest BCUT2D eigenvalue weighted by atomic mass is 9.88. The highest BCUT2D eigenvalue weighted by molar-refractivity contribution is 6.28. The molecule has 1 saturated heterocycles. The number of hydrogen-bond acceptors (Lipinski definition) is 5. The van der Waals surface area contributed by atoms with Crippen LogP contribution in [0.2, 0.25) is 5.28 Å². The lowest BCUT2D eigenvalue weighted by Gasteiger charge is -2.26. The van der Waals surface area contributed by atoms with Crippen LogP contribution in [0.25, 0.3) is 22.4 Å². The number of nitrogens with zero attached hydrogens (tertiary/aromatic N) is 2. The molecular weight excluding hydrogens is 527 g/mol. The lowest BCUT2D eigenvalue weighted by molar-refractivity contribution is -0.137. The second kappa shape index (κ2) is 11.5. The molecule has 1 atom stereocenters. The van der Waals surface area contributed by atoms with Gasteiger partial charge in [-0.3, -0.25) is 4.79 Å². The summed E-state index contributed by atoms with van der Waals surface area (Å²) in [6, 6.07) is 10.4. The quantitative estimate of drug-likeness (QED) is 0.282. The monoisotopic (exact) mass is 557 g/mol. The van der Waals surface area contributed by atoms with Crippen molar-refractivity contribution in [2.75, 3.05) is 23.7 Å². The van der Waals surface area contributed by atoms with Crippen LogP contribution in [0.1, 0.15) is 49.7 Å². The van der Waals surface area contributed by atoms with E-state index in [1.807, 2.05) is 0 Å². The summed E-state index contributed by atoms with van der Waals surface area (Å²) in [5.41, 5.74) is 0.912. The van der Waals surface area contributed by atoms with E-state index >= 15 is 0 Å². The van der Waals surface area contributed by atoms with Crippen molar-refractivity contribution in [2.45, 2.75) is 57.7 Å². The number of alkyl halides is 3. The number of hydrogen-bond donors (Lipinski definition) is 3. The van der Waals surface area contributed by atoms with Crippen molar-refractivity contribution in [2.24, 2.45) is 5.92 Å². The van der Waals surface area contributed by atoms with E-state index in [9.17, 15) is 18.0 Å². The molecule has 1 unspecified atom stereocenters. The molecule has 2 fully saturated rings. The third-order valence-corrected chi connectivity index (χ3v) is 7.78. The van der Waals surface area contributed by atoms with Gasteiger partial charge in [-0.1, -0.05) is 25.0 Å². The van der Waals surface area contributed by atoms with E-state index in [0.29, 0.717) is 24.6 Å². The number of carbonyl (C=O) groups excluding carboxylic acids is 1. The molecule has 206 valence electrons. The maximum atomic E-state index is 14.8. The Balaban J connectivity index is 1.63. The van der Waals surface area contributed by atoms with Crippen molar-refractivity contribution in [3.8, 4) is 22.4 Å². The number of piperidine rings is 1. The lowest BCUT2D eigenvalue weighted by Crippen LogP contribution is -2.37. The van der Waals surface area contributed by atoms with Crippen LogP contribution in [0.5, 0.6) is 0 Å². The Morgan fingerprint density at radius 2 is 1.82 bits per heavy atom. The molecule has 2 aliphatic rings. The minimum absolute atomic E-state index is 0.00208. The fourth-order valence-corrected chi connectivity index (χ4v) is 5.78. The number of halogens is 4. The molecule has 1 aromatic heterocycles. The van der Waals surface area contributed by atoms with Gasteiger partial charge in [0.05, 0.1) is 17.2 Å². The van der Waals surface area contributed by atoms with Gasteiger partial charge in [0.15, 0.2) is 0 Å². The van der Waals surface area contributed by atoms with E-state index in [1.165, 1.54) is 32.0 Å². The highest BCUT2D eigenvalue weighted by Gasteiger charge is 2.39. The van der Waals surface area contributed by atoms with Crippen LogP contribution in [0.15, 0.2) is 42.6 Å². The highest BCUT2D eigenvalue weighted by atomic mass is 35.5. The number of benzene rings is 2. The number of nitrogens with one attached hydrogen (secondary N) is 3. The number of aromatic nitrogens is 2. The van der Waals surface area contributed by atoms with Gasteiger partial charge in [0.25, 0.3) is 0 Å². The summed E-state index contributed by atoms with van der Waals surface area (Å²) in [4.78, 5) is 21.3. The fraction of sp³-hybridized carbons (Fsp3) is 0.414. The molecule has 1 aliphatic heterocycles. The fourth-order valence-electron chi connectivity index (χ4n) is 5.63. The van der Waals surface area contributed by atoms with Crippen molar-refractivity contribution in [1.29, 1.82) is 0 Å². The normalized spacial score (nSPS) is 18.2. The third kappa shape index (κ3) is 6.20. The summed E-state index contributed by atoms with van der Waals surface area (Å²) in [6.07, 6.45) is 2.71. The first-order valence-electron chi connectivity index (χ1n) is 13.3. The first kappa shape index (κ1) is 27.4. The van der Waals surface area contributed by atoms with Crippen LogP contribution >= 0.6 is 11.6 Å². The average molecular weight is 558 g/mol. The maximum absolute atomic E-state index is 14.8. The van der Waals surface area contributed by atoms with E-state index in [0.717, 1.165) is 31.5 Å². The van der Waals surface area contributed by atoms with Crippen LogP contribution in [0.3, 0.4) is 0 Å².